The summed E-state index contributed by atoms with van der Waals surface area (Å²) in [7, 11) is 0. The first-order valence-electron chi connectivity index (χ1n) is 7.05. The third kappa shape index (κ3) is 2.72. The van der Waals surface area contributed by atoms with Crippen LogP contribution in [0, 0.1) is 6.92 Å². The third-order valence-electron chi connectivity index (χ3n) is 3.88. The van der Waals surface area contributed by atoms with Crippen LogP contribution in [0.15, 0.2) is 30.5 Å². The van der Waals surface area contributed by atoms with Crippen molar-refractivity contribution in [3.63, 3.8) is 0 Å². The maximum Gasteiger partial charge on any atom is 0.242 e. The van der Waals surface area contributed by atoms with Crippen LogP contribution in [0.4, 0.5) is 0 Å². The fourth-order valence-corrected chi connectivity index (χ4v) is 2.67. The van der Waals surface area contributed by atoms with Gasteiger partial charge in [0.1, 0.15) is 6.04 Å². The molecular weight excluding hydrogens is 266 g/mol. The van der Waals surface area contributed by atoms with E-state index in [1.54, 1.807) is 6.20 Å². The highest BCUT2D eigenvalue weighted by atomic mass is 16.2. The smallest absolute Gasteiger partial charge is 0.242 e. The molecule has 1 saturated heterocycles. The molecule has 108 valence electrons. The van der Waals surface area contributed by atoms with Gasteiger partial charge in [0.25, 0.3) is 0 Å². The second kappa shape index (κ2) is 5.52. The summed E-state index contributed by atoms with van der Waals surface area (Å²) in [5, 5.41) is 6.64. The van der Waals surface area contributed by atoms with Crippen LogP contribution in [0.2, 0.25) is 0 Å². The van der Waals surface area contributed by atoms with E-state index in [2.05, 4.69) is 15.6 Å². The van der Waals surface area contributed by atoms with E-state index in [1.807, 2.05) is 31.2 Å². The zero-order valence-electron chi connectivity index (χ0n) is 11.8. The molecule has 3 rings (SSSR count). The van der Waals surface area contributed by atoms with E-state index in [0.29, 0.717) is 19.4 Å². The lowest BCUT2D eigenvalue weighted by Gasteiger charge is -2.14. The Morgan fingerprint density at radius 1 is 1.43 bits per heavy atom. The SMILES string of the molecule is Cc1ccc2ncccc2c1CNC(=O)[C@@H]1CCC(=O)N1. The van der Waals surface area contributed by atoms with Gasteiger partial charge in [-0.15, -0.1) is 0 Å². The number of nitrogens with zero attached hydrogens (tertiary/aromatic N) is 1. The highest BCUT2D eigenvalue weighted by Crippen LogP contribution is 2.20. The van der Waals surface area contributed by atoms with Gasteiger partial charge in [0, 0.05) is 24.5 Å². The van der Waals surface area contributed by atoms with Crippen molar-refractivity contribution in [1.29, 1.82) is 0 Å². The Bertz CT molecular complexity index is 712. The van der Waals surface area contributed by atoms with E-state index < -0.39 is 6.04 Å². The maximum absolute atomic E-state index is 12.1. The Morgan fingerprint density at radius 3 is 3.05 bits per heavy atom. The molecule has 1 aromatic carbocycles. The largest absolute Gasteiger partial charge is 0.350 e. The van der Waals surface area contributed by atoms with Gasteiger partial charge in [0.05, 0.1) is 5.52 Å². The molecule has 1 aromatic heterocycles. The van der Waals surface area contributed by atoms with Crippen LogP contribution in [-0.4, -0.2) is 22.8 Å². The van der Waals surface area contributed by atoms with Crippen molar-refractivity contribution < 1.29 is 9.59 Å². The normalized spacial score (nSPS) is 17.8. The van der Waals surface area contributed by atoms with E-state index >= 15 is 0 Å². The number of aromatic nitrogens is 1. The molecule has 0 spiro atoms. The van der Waals surface area contributed by atoms with Gasteiger partial charge in [-0.3, -0.25) is 14.6 Å². The molecule has 0 bridgehead atoms. The summed E-state index contributed by atoms with van der Waals surface area (Å²) < 4.78 is 0. The van der Waals surface area contributed by atoms with E-state index in [1.165, 1.54) is 0 Å². The Balaban J connectivity index is 1.77. The summed E-state index contributed by atoms with van der Waals surface area (Å²) in [6, 6.07) is 7.49. The Morgan fingerprint density at radius 2 is 2.29 bits per heavy atom. The topological polar surface area (TPSA) is 71.1 Å². The van der Waals surface area contributed by atoms with Crippen molar-refractivity contribution in [2.24, 2.45) is 0 Å². The first-order valence-corrected chi connectivity index (χ1v) is 7.05. The number of hydrogen-bond donors (Lipinski definition) is 2. The maximum atomic E-state index is 12.1. The molecule has 1 aliphatic rings. The van der Waals surface area contributed by atoms with Crippen LogP contribution < -0.4 is 10.6 Å². The summed E-state index contributed by atoms with van der Waals surface area (Å²) in [6.45, 7) is 2.46. The number of fused-ring (bicyclic) bond motifs is 1. The van der Waals surface area contributed by atoms with Crippen molar-refractivity contribution in [3.8, 4) is 0 Å². The number of carbonyl (C=O) groups is 2. The molecular formula is C16H17N3O2. The molecule has 0 aliphatic carbocycles. The molecule has 0 unspecified atom stereocenters. The second-order valence-corrected chi connectivity index (χ2v) is 5.31. The number of carbonyl (C=O) groups excluding carboxylic acids is 2. The van der Waals surface area contributed by atoms with Crippen molar-refractivity contribution in [2.75, 3.05) is 0 Å². The van der Waals surface area contributed by atoms with Crippen molar-refractivity contribution in [3.05, 3.63) is 41.6 Å². The molecule has 0 saturated carbocycles. The van der Waals surface area contributed by atoms with Gasteiger partial charge in [-0.2, -0.15) is 0 Å². The van der Waals surface area contributed by atoms with Crippen LogP contribution in [0.25, 0.3) is 10.9 Å². The highest BCUT2D eigenvalue weighted by Gasteiger charge is 2.26. The van der Waals surface area contributed by atoms with Crippen LogP contribution in [0.1, 0.15) is 24.0 Å². The van der Waals surface area contributed by atoms with Crippen molar-refractivity contribution >= 4 is 22.7 Å². The molecule has 21 heavy (non-hydrogen) atoms. The number of amides is 2. The van der Waals surface area contributed by atoms with E-state index in [-0.39, 0.29) is 11.8 Å². The number of rotatable bonds is 3. The highest BCUT2D eigenvalue weighted by molar-refractivity contribution is 5.91. The molecule has 1 atom stereocenters. The number of pyridine rings is 1. The summed E-state index contributed by atoms with van der Waals surface area (Å²) in [6.07, 6.45) is 2.75. The van der Waals surface area contributed by atoms with Gasteiger partial charge < -0.3 is 10.6 Å². The van der Waals surface area contributed by atoms with E-state index in [0.717, 1.165) is 22.0 Å². The minimum atomic E-state index is -0.397. The Kier molecular flexibility index (Phi) is 3.56. The van der Waals surface area contributed by atoms with Gasteiger partial charge in [0.2, 0.25) is 11.8 Å². The lowest BCUT2D eigenvalue weighted by atomic mass is 10.0. The first kappa shape index (κ1) is 13.5. The molecule has 2 N–H and O–H groups in total. The monoisotopic (exact) mass is 283 g/mol. The van der Waals surface area contributed by atoms with Gasteiger partial charge in [0.15, 0.2) is 0 Å². The number of hydrogen-bond acceptors (Lipinski definition) is 3. The fraction of sp³-hybridized carbons (Fsp3) is 0.312. The van der Waals surface area contributed by atoms with Crippen LogP contribution in [0.3, 0.4) is 0 Å². The number of nitrogens with one attached hydrogen (secondary N) is 2. The van der Waals surface area contributed by atoms with Gasteiger partial charge in [-0.1, -0.05) is 12.1 Å². The molecule has 5 nitrogen and oxygen atoms in total. The van der Waals surface area contributed by atoms with Gasteiger partial charge in [-0.25, -0.2) is 0 Å². The average Bonchev–Trinajstić information content (AvgIpc) is 2.92. The fourth-order valence-electron chi connectivity index (χ4n) is 2.67. The van der Waals surface area contributed by atoms with Crippen molar-refractivity contribution in [2.45, 2.75) is 32.4 Å². The Hall–Kier alpha value is -2.43. The molecule has 5 heteroatoms. The van der Waals surface area contributed by atoms with E-state index in [4.69, 9.17) is 0 Å². The lowest BCUT2D eigenvalue weighted by Crippen LogP contribution is -2.41. The lowest BCUT2D eigenvalue weighted by molar-refractivity contribution is -0.125. The van der Waals surface area contributed by atoms with Crippen LogP contribution in [-0.2, 0) is 16.1 Å². The molecule has 0 radical (unpaired) electrons. The minimum absolute atomic E-state index is 0.0549. The summed E-state index contributed by atoms with van der Waals surface area (Å²) in [5.41, 5.74) is 3.10. The van der Waals surface area contributed by atoms with E-state index in [9.17, 15) is 9.59 Å². The summed E-state index contributed by atoms with van der Waals surface area (Å²) in [5.74, 6) is -0.179. The average molecular weight is 283 g/mol. The third-order valence-corrected chi connectivity index (χ3v) is 3.88. The zero-order chi connectivity index (χ0) is 14.8. The molecule has 2 amide bonds. The molecule has 2 aromatic rings. The first-order chi connectivity index (χ1) is 10.1. The summed E-state index contributed by atoms with van der Waals surface area (Å²) >= 11 is 0. The van der Waals surface area contributed by atoms with Crippen LogP contribution >= 0.6 is 0 Å². The van der Waals surface area contributed by atoms with Gasteiger partial charge >= 0.3 is 0 Å². The Labute approximate surface area is 122 Å². The van der Waals surface area contributed by atoms with Crippen molar-refractivity contribution in [1.82, 2.24) is 15.6 Å². The zero-order valence-corrected chi connectivity index (χ0v) is 11.8. The number of benzene rings is 1. The molecule has 1 fully saturated rings. The summed E-state index contributed by atoms with van der Waals surface area (Å²) in [4.78, 5) is 27.6. The van der Waals surface area contributed by atoms with Crippen LogP contribution in [0.5, 0.6) is 0 Å². The standard InChI is InChI=1S/C16H17N3O2/c1-10-4-5-13-11(3-2-8-17-13)12(10)9-18-16(21)14-6-7-15(20)19-14/h2-5,8,14H,6-7,9H2,1H3,(H,18,21)(H,19,20)/t14-/m0/s1. The molecule has 2 heterocycles. The minimum Gasteiger partial charge on any atom is -0.350 e. The van der Waals surface area contributed by atoms with Gasteiger partial charge in [-0.05, 0) is 36.6 Å². The predicted octanol–water partition coefficient (Wildman–Crippen LogP) is 1.44. The quantitative estimate of drug-likeness (QED) is 0.895. The predicted molar refractivity (Wildman–Crippen MR) is 79.5 cm³/mol. The number of aryl methyl sites for hydroxylation is 1. The second-order valence-electron chi connectivity index (χ2n) is 5.31. The molecule has 1 aliphatic heterocycles.